The van der Waals surface area contributed by atoms with E-state index in [1.165, 1.54) is 18.2 Å². The number of hydrogen-bond acceptors (Lipinski definition) is 5. The monoisotopic (exact) mass is 360 g/mol. The topological polar surface area (TPSA) is 90.7 Å². The van der Waals surface area contributed by atoms with Crippen molar-refractivity contribution in [2.24, 2.45) is 0 Å². The van der Waals surface area contributed by atoms with Crippen LogP contribution in [0.2, 0.25) is 0 Å². The highest BCUT2D eigenvalue weighted by molar-refractivity contribution is 9.10. The Labute approximate surface area is 130 Å². The van der Waals surface area contributed by atoms with Crippen LogP contribution in [0.15, 0.2) is 22.7 Å². The first-order chi connectivity index (χ1) is 10.1. The Hall–Kier alpha value is -1.51. The van der Waals surface area contributed by atoms with Crippen LogP contribution in [0.25, 0.3) is 0 Å². The van der Waals surface area contributed by atoms with Crippen molar-refractivity contribution in [2.45, 2.75) is 6.42 Å². The molecule has 1 aromatic carbocycles. The zero-order valence-electron chi connectivity index (χ0n) is 11.6. The number of rotatable bonds is 9. The van der Waals surface area contributed by atoms with Crippen LogP contribution in [-0.4, -0.2) is 44.3 Å². The number of carbonyl (C=O) groups excluding carboxylic acids is 1. The van der Waals surface area contributed by atoms with E-state index >= 15 is 0 Å². The Morgan fingerprint density at radius 2 is 2.14 bits per heavy atom. The lowest BCUT2D eigenvalue weighted by Gasteiger charge is -2.07. The van der Waals surface area contributed by atoms with Crippen molar-refractivity contribution >= 4 is 27.5 Å². The first-order valence-corrected chi connectivity index (χ1v) is 7.15. The Morgan fingerprint density at radius 3 is 2.81 bits per heavy atom. The SMILES string of the molecule is COCCOCCCNC(=O)c1cccc([N+](=O)[O-])c1Br. The molecular formula is C13H17BrN2O5. The van der Waals surface area contributed by atoms with E-state index in [9.17, 15) is 14.9 Å². The number of ether oxygens (including phenoxy) is 2. The number of benzene rings is 1. The third-order valence-corrected chi connectivity index (χ3v) is 3.44. The molecule has 0 radical (unpaired) electrons. The molecule has 1 rings (SSSR count). The van der Waals surface area contributed by atoms with Crippen LogP contribution in [-0.2, 0) is 9.47 Å². The lowest BCUT2D eigenvalue weighted by Crippen LogP contribution is -2.25. The summed E-state index contributed by atoms with van der Waals surface area (Å²) in [5.74, 6) is -0.359. The molecule has 0 spiro atoms. The van der Waals surface area contributed by atoms with E-state index < -0.39 is 4.92 Å². The number of nitrogens with zero attached hydrogens (tertiary/aromatic N) is 1. The summed E-state index contributed by atoms with van der Waals surface area (Å²) in [4.78, 5) is 22.2. The standard InChI is InChI=1S/C13H17BrN2O5/c1-20-8-9-21-7-3-6-15-13(17)10-4-2-5-11(12(10)14)16(18)19/h2,4-5H,3,6-9H2,1H3,(H,15,17). The van der Waals surface area contributed by atoms with E-state index in [1.807, 2.05) is 0 Å². The molecule has 0 aliphatic heterocycles. The van der Waals surface area contributed by atoms with E-state index in [0.717, 1.165) is 0 Å². The van der Waals surface area contributed by atoms with Crippen LogP contribution in [0, 0.1) is 10.1 Å². The number of nitro benzene ring substituents is 1. The summed E-state index contributed by atoms with van der Waals surface area (Å²) in [5.41, 5.74) is 0.107. The number of nitrogens with one attached hydrogen (secondary N) is 1. The highest BCUT2D eigenvalue weighted by Crippen LogP contribution is 2.28. The second kappa shape index (κ2) is 9.43. The molecule has 1 N–H and O–H groups in total. The van der Waals surface area contributed by atoms with Crippen LogP contribution in [0.4, 0.5) is 5.69 Å². The van der Waals surface area contributed by atoms with Crippen LogP contribution in [0.3, 0.4) is 0 Å². The third-order valence-electron chi connectivity index (χ3n) is 2.60. The highest BCUT2D eigenvalue weighted by atomic mass is 79.9. The highest BCUT2D eigenvalue weighted by Gasteiger charge is 2.18. The fourth-order valence-electron chi connectivity index (χ4n) is 1.55. The molecular weight excluding hydrogens is 344 g/mol. The maximum Gasteiger partial charge on any atom is 0.284 e. The Balaban J connectivity index is 2.42. The van der Waals surface area contributed by atoms with Gasteiger partial charge < -0.3 is 14.8 Å². The van der Waals surface area contributed by atoms with E-state index in [2.05, 4.69) is 21.2 Å². The first-order valence-electron chi connectivity index (χ1n) is 6.35. The van der Waals surface area contributed by atoms with Crippen LogP contribution < -0.4 is 5.32 Å². The number of methoxy groups -OCH3 is 1. The maximum absolute atomic E-state index is 12.0. The van der Waals surface area contributed by atoms with Gasteiger partial charge in [-0.1, -0.05) is 6.07 Å². The zero-order valence-corrected chi connectivity index (χ0v) is 13.2. The number of halogens is 1. The van der Waals surface area contributed by atoms with Gasteiger partial charge in [0.15, 0.2) is 0 Å². The average molecular weight is 361 g/mol. The van der Waals surface area contributed by atoms with Crippen molar-refractivity contribution in [3.05, 3.63) is 38.3 Å². The quantitative estimate of drug-likeness (QED) is 0.413. The maximum atomic E-state index is 12.0. The van der Waals surface area contributed by atoms with Crippen molar-refractivity contribution in [2.75, 3.05) is 33.5 Å². The van der Waals surface area contributed by atoms with Gasteiger partial charge in [0.25, 0.3) is 11.6 Å². The summed E-state index contributed by atoms with van der Waals surface area (Å²) in [5, 5.41) is 13.5. The number of carbonyl (C=O) groups is 1. The second-order valence-electron chi connectivity index (χ2n) is 4.11. The number of hydrogen-bond donors (Lipinski definition) is 1. The minimum absolute atomic E-state index is 0.134. The van der Waals surface area contributed by atoms with Crippen molar-refractivity contribution in [3.8, 4) is 0 Å². The molecule has 0 atom stereocenters. The zero-order chi connectivity index (χ0) is 15.7. The molecule has 1 aromatic rings. The summed E-state index contributed by atoms with van der Waals surface area (Å²) >= 11 is 3.09. The number of amides is 1. The van der Waals surface area contributed by atoms with Crippen molar-refractivity contribution in [3.63, 3.8) is 0 Å². The predicted molar refractivity (Wildman–Crippen MR) is 80.4 cm³/mol. The van der Waals surface area contributed by atoms with Gasteiger partial charge in [0, 0.05) is 26.3 Å². The van der Waals surface area contributed by atoms with Gasteiger partial charge in [0.2, 0.25) is 0 Å². The fraction of sp³-hybridized carbons (Fsp3) is 0.462. The second-order valence-corrected chi connectivity index (χ2v) is 4.90. The molecule has 0 aromatic heterocycles. The predicted octanol–water partition coefficient (Wildman–Crippen LogP) is 2.14. The van der Waals surface area contributed by atoms with Gasteiger partial charge in [-0.05, 0) is 28.4 Å². The molecule has 0 aliphatic carbocycles. The molecule has 21 heavy (non-hydrogen) atoms. The van der Waals surface area contributed by atoms with Gasteiger partial charge in [0.1, 0.15) is 4.47 Å². The lowest BCUT2D eigenvalue weighted by molar-refractivity contribution is -0.385. The van der Waals surface area contributed by atoms with Crippen LogP contribution >= 0.6 is 15.9 Å². The molecule has 0 bridgehead atoms. The fourth-order valence-corrected chi connectivity index (χ4v) is 2.14. The largest absolute Gasteiger partial charge is 0.382 e. The van der Waals surface area contributed by atoms with E-state index in [1.54, 1.807) is 7.11 Å². The molecule has 0 saturated carbocycles. The minimum Gasteiger partial charge on any atom is -0.382 e. The van der Waals surface area contributed by atoms with Gasteiger partial charge in [-0.3, -0.25) is 14.9 Å². The van der Waals surface area contributed by atoms with Gasteiger partial charge in [-0.2, -0.15) is 0 Å². The molecule has 8 heteroatoms. The van der Waals surface area contributed by atoms with Gasteiger partial charge >= 0.3 is 0 Å². The van der Waals surface area contributed by atoms with E-state index in [4.69, 9.17) is 9.47 Å². The van der Waals surface area contributed by atoms with E-state index in [0.29, 0.717) is 32.8 Å². The summed E-state index contributed by atoms with van der Waals surface area (Å²) < 4.78 is 10.3. The molecule has 0 unspecified atom stereocenters. The molecule has 7 nitrogen and oxygen atoms in total. The number of nitro groups is 1. The van der Waals surface area contributed by atoms with Crippen molar-refractivity contribution in [1.82, 2.24) is 5.32 Å². The Morgan fingerprint density at radius 1 is 1.38 bits per heavy atom. The lowest BCUT2D eigenvalue weighted by atomic mass is 10.2. The van der Waals surface area contributed by atoms with Gasteiger partial charge in [-0.25, -0.2) is 0 Å². The average Bonchev–Trinajstić information content (AvgIpc) is 2.46. The molecule has 0 saturated heterocycles. The minimum atomic E-state index is -0.537. The van der Waals surface area contributed by atoms with Gasteiger partial charge in [-0.15, -0.1) is 0 Å². The molecule has 116 valence electrons. The normalized spacial score (nSPS) is 10.4. The molecule has 0 heterocycles. The summed E-state index contributed by atoms with van der Waals surface area (Å²) in [6.45, 7) is 1.99. The Bertz CT molecular complexity index is 495. The van der Waals surface area contributed by atoms with Crippen molar-refractivity contribution < 1.29 is 19.2 Å². The molecule has 0 fully saturated rings. The smallest absolute Gasteiger partial charge is 0.284 e. The molecule has 0 aliphatic rings. The van der Waals surface area contributed by atoms with Gasteiger partial charge in [0.05, 0.1) is 23.7 Å². The first kappa shape index (κ1) is 17.5. The van der Waals surface area contributed by atoms with Crippen molar-refractivity contribution in [1.29, 1.82) is 0 Å². The van der Waals surface area contributed by atoms with E-state index in [-0.39, 0.29) is 21.6 Å². The summed E-state index contributed by atoms with van der Waals surface area (Å²) in [7, 11) is 1.60. The Kier molecular flexibility index (Phi) is 7.88. The third kappa shape index (κ3) is 5.78. The van der Waals surface area contributed by atoms with Crippen LogP contribution in [0.1, 0.15) is 16.8 Å². The summed E-state index contributed by atoms with van der Waals surface area (Å²) in [6.07, 6.45) is 0.655. The van der Waals surface area contributed by atoms with Crippen LogP contribution in [0.5, 0.6) is 0 Å². The molecule has 1 amide bonds. The summed E-state index contributed by atoms with van der Waals surface area (Å²) in [6, 6.07) is 4.34.